The van der Waals surface area contributed by atoms with Crippen LogP contribution in [-0.4, -0.2) is 32.3 Å². The van der Waals surface area contributed by atoms with Gasteiger partial charge in [0.15, 0.2) is 5.11 Å². The summed E-state index contributed by atoms with van der Waals surface area (Å²) in [5, 5.41) is 6.01. The molecule has 2 aromatic carbocycles. The fourth-order valence-electron chi connectivity index (χ4n) is 2.15. The van der Waals surface area contributed by atoms with Gasteiger partial charge in [0.05, 0.1) is 26.4 Å². The molecule has 1 amide bonds. The highest BCUT2D eigenvalue weighted by Gasteiger charge is 2.19. The normalized spacial score (nSPS) is 9.92. The van der Waals surface area contributed by atoms with Crippen LogP contribution in [0.1, 0.15) is 10.4 Å². The Morgan fingerprint density at radius 1 is 1.00 bits per heavy atom. The highest BCUT2D eigenvalue weighted by Crippen LogP contribution is 2.29. The van der Waals surface area contributed by atoms with Crippen molar-refractivity contribution in [2.24, 2.45) is 0 Å². The zero-order valence-electron chi connectivity index (χ0n) is 13.9. The van der Waals surface area contributed by atoms with Crippen LogP contribution in [0.2, 0.25) is 5.02 Å². The maximum atomic E-state index is 12.5. The van der Waals surface area contributed by atoms with E-state index in [2.05, 4.69) is 10.6 Å². The molecule has 8 heteroatoms. The summed E-state index contributed by atoms with van der Waals surface area (Å²) in [6.07, 6.45) is 0. The Bertz CT molecular complexity index is 776. The minimum absolute atomic E-state index is 0.110. The summed E-state index contributed by atoms with van der Waals surface area (Å²) < 4.78 is 15.5. The number of benzene rings is 2. The lowest BCUT2D eigenvalue weighted by atomic mass is 10.1. The van der Waals surface area contributed by atoms with Crippen LogP contribution in [-0.2, 0) is 0 Å². The van der Waals surface area contributed by atoms with Gasteiger partial charge in [0.25, 0.3) is 5.91 Å². The number of carbonyl (C=O) groups is 1. The van der Waals surface area contributed by atoms with E-state index in [0.717, 1.165) is 0 Å². The van der Waals surface area contributed by atoms with E-state index in [1.54, 1.807) is 36.4 Å². The number of nitrogens with one attached hydrogen (secondary N) is 2. The van der Waals surface area contributed by atoms with E-state index in [1.165, 1.54) is 21.3 Å². The first-order valence-electron chi connectivity index (χ1n) is 7.17. The fraction of sp³-hybridized carbons (Fsp3) is 0.176. The Kier molecular flexibility index (Phi) is 6.44. The van der Waals surface area contributed by atoms with Gasteiger partial charge in [-0.05, 0) is 42.5 Å². The summed E-state index contributed by atoms with van der Waals surface area (Å²) in [4.78, 5) is 12.5. The Hall–Kier alpha value is -2.51. The molecule has 0 spiro atoms. The molecule has 0 radical (unpaired) electrons. The van der Waals surface area contributed by atoms with Crippen LogP contribution in [0.5, 0.6) is 17.2 Å². The Labute approximate surface area is 156 Å². The third kappa shape index (κ3) is 4.52. The van der Waals surface area contributed by atoms with Crippen LogP contribution < -0.4 is 24.8 Å². The summed E-state index contributed by atoms with van der Waals surface area (Å²) in [5.41, 5.74) is 0.868. The summed E-state index contributed by atoms with van der Waals surface area (Å²) in [6, 6.07) is 10.1. The molecule has 6 nitrogen and oxygen atoms in total. The molecule has 0 heterocycles. The van der Waals surface area contributed by atoms with E-state index >= 15 is 0 Å². The smallest absolute Gasteiger partial charge is 0.264 e. The molecule has 0 bridgehead atoms. The molecule has 0 aliphatic carbocycles. The number of ether oxygens (including phenoxy) is 3. The predicted octanol–water partition coefficient (Wildman–Crippen LogP) is 3.49. The molecule has 0 aromatic heterocycles. The highest BCUT2D eigenvalue weighted by molar-refractivity contribution is 7.80. The van der Waals surface area contributed by atoms with Crippen LogP contribution in [0, 0.1) is 0 Å². The molecule has 2 N–H and O–H groups in total. The van der Waals surface area contributed by atoms with Crippen molar-refractivity contribution in [3.8, 4) is 17.2 Å². The van der Waals surface area contributed by atoms with Gasteiger partial charge in [-0.15, -0.1) is 0 Å². The first-order valence-corrected chi connectivity index (χ1v) is 7.95. The van der Waals surface area contributed by atoms with Crippen molar-refractivity contribution in [1.82, 2.24) is 5.32 Å². The van der Waals surface area contributed by atoms with Gasteiger partial charge in [-0.1, -0.05) is 17.7 Å². The molecule has 2 aromatic rings. The molecule has 2 rings (SSSR count). The fourth-order valence-corrected chi connectivity index (χ4v) is 2.62. The Balaban J connectivity index is 2.13. The Morgan fingerprint density at radius 2 is 1.60 bits per heavy atom. The summed E-state index contributed by atoms with van der Waals surface area (Å²) in [5.74, 6) is 0.853. The number of hydrogen-bond acceptors (Lipinski definition) is 5. The molecular weight excluding hydrogens is 364 g/mol. The lowest BCUT2D eigenvalue weighted by Gasteiger charge is -2.14. The van der Waals surface area contributed by atoms with Crippen LogP contribution in [0.25, 0.3) is 0 Å². The number of rotatable bonds is 5. The van der Waals surface area contributed by atoms with E-state index in [9.17, 15) is 4.79 Å². The van der Waals surface area contributed by atoms with E-state index in [1.807, 2.05) is 0 Å². The number of carbonyl (C=O) groups excluding carboxylic acids is 1. The third-order valence-corrected chi connectivity index (χ3v) is 3.79. The van der Waals surface area contributed by atoms with Gasteiger partial charge < -0.3 is 19.5 Å². The number of halogens is 1. The van der Waals surface area contributed by atoms with E-state index in [-0.39, 0.29) is 10.7 Å². The molecule has 0 saturated carbocycles. The van der Waals surface area contributed by atoms with E-state index in [0.29, 0.717) is 28.0 Å². The van der Waals surface area contributed by atoms with E-state index < -0.39 is 5.91 Å². The topological polar surface area (TPSA) is 68.8 Å². The van der Waals surface area contributed by atoms with Gasteiger partial charge in [0, 0.05) is 5.69 Å². The van der Waals surface area contributed by atoms with Crippen molar-refractivity contribution in [2.75, 3.05) is 26.6 Å². The summed E-state index contributed by atoms with van der Waals surface area (Å²) >= 11 is 11.2. The number of anilines is 1. The van der Waals surface area contributed by atoms with Crippen LogP contribution in [0.15, 0.2) is 36.4 Å². The predicted molar refractivity (Wildman–Crippen MR) is 101 cm³/mol. The van der Waals surface area contributed by atoms with Gasteiger partial charge in [-0.2, -0.15) is 0 Å². The molecule has 132 valence electrons. The maximum absolute atomic E-state index is 12.5. The van der Waals surface area contributed by atoms with Gasteiger partial charge in [0.2, 0.25) is 0 Å². The third-order valence-electron chi connectivity index (χ3n) is 3.29. The van der Waals surface area contributed by atoms with Crippen LogP contribution >= 0.6 is 23.8 Å². The number of thiocarbonyl (C=S) groups is 1. The van der Waals surface area contributed by atoms with Gasteiger partial charge in [-0.3, -0.25) is 10.1 Å². The molecule has 0 unspecified atom stereocenters. The van der Waals surface area contributed by atoms with Crippen molar-refractivity contribution in [3.05, 3.63) is 47.0 Å². The summed E-state index contributed by atoms with van der Waals surface area (Å²) in [6.45, 7) is 0. The minimum Gasteiger partial charge on any atom is -0.496 e. The van der Waals surface area contributed by atoms with Crippen molar-refractivity contribution in [1.29, 1.82) is 0 Å². The molecule has 0 atom stereocenters. The largest absolute Gasteiger partial charge is 0.496 e. The first-order chi connectivity index (χ1) is 12.0. The van der Waals surface area contributed by atoms with Crippen molar-refractivity contribution >= 4 is 40.5 Å². The Morgan fingerprint density at radius 3 is 2.12 bits per heavy atom. The standard InChI is InChI=1S/C17H17ClN2O4S/c1-22-12-8-7-10(9-11(12)18)19-17(25)20-16(21)15-13(23-2)5-4-6-14(15)24-3/h4-9H,1-3H3,(H2,19,20,21,25). The quantitative estimate of drug-likeness (QED) is 0.774. The first kappa shape index (κ1) is 18.8. The number of hydrogen-bond donors (Lipinski definition) is 2. The molecule has 0 saturated heterocycles. The van der Waals surface area contributed by atoms with Gasteiger partial charge in [0.1, 0.15) is 22.8 Å². The van der Waals surface area contributed by atoms with Crippen LogP contribution in [0.3, 0.4) is 0 Å². The average Bonchev–Trinajstić information content (AvgIpc) is 2.60. The SMILES string of the molecule is COc1ccc(NC(=S)NC(=O)c2c(OC)cccc2OC)cc1Cl. The molecule has 0 aliphatic heterocycles. The molecular formula is C17H17ClN2O4S. The lowest BCUT2D eigenvalue weighted by Crippen LogP contribution is -2.34. The van der Waals surface area contributed by atoms with Gasteiger partial charge >= 0.3 is 0 Å². The van der Waals surface area contributed by atoms with Crippen molar-refractivity contribution in [2.45, 2.75) is 0 Å². The van der Waals surface area contributed by atoms with Gasteiger partial charge in [-0.25, -0.2) is 0 Å². The van der Waals surface area contributed by atoms with Crippen molar-refractivity contribution < 1.29 is 19.0 Å². The second-order valence-corrected chi connectivity index (χ2v) is 5.61. The zero-order chi connectivity index (χ0) is 18.4. The lowest BCUT2D eigenvalue weighted by molar-refractivity contribution is 0.0971. The van der Waals surface area contributed by atoms with Crippen LogP contribution in [0.4, 0.5) is 5.69 Å². The maximum Gasteiger partial charge on any atom is 0.264 e. The highest BCUT2D eigenvalue weighted by atomic mass is 35.5. The monoisotopic (exact) mass is 380 g/mol. The zero-order valence-corrected chi connectivity index (χ0v) is 15.5. The second-order valence-electron chi connectivity index (χ2n) is 4.80. The average molecular weight is 381 g/mol. The molecule has 0 aliphatic rings. The molecule has 0 fully saturated rings. The number of amides is 1. The second kappa shape index (κ2) is 8.55. The van der Waals surface area contributed by atoms with Crippen molar-refractivity contribution in [3.63, 3.8) is 0 Å². The molecule has 25 heavy (non-hydrogen) atoms. The summed E-state index contributed by atoms with van der Waals surface area (Å²) in [7, 11) is 4.47. The minimum atomic E-state index is -0.452. The van der Waals surface area contributed by atoms with E-state index in [4.69, 9.17) is 38.0 Å². The number of methoxy groups -OCH3 is 3.